The van der Waals surface area contributed by atoms with Crippen LogP contribution in [0.4, 0.5) is 11.4 Å². The second-order valence-corrected chi connectivity index (χ2v) is 5.77. The average molecular weight is 291 g/mol. The molecule has 1 aliphatic rings. The highest BCUT2D eigenvalue weighted by atomic mass is 16.5. The molecule has 1 aromatic carbocycles. The van der Waals surface area contributed by atoms with Gasteiger partial charge in [0, 0.05) is 31.1 Å². The van der Waals surface area contributed by atoms with Gasteiger partial charge >= 0.3 is 0 Å². The summed E-state index contributed by atoms with van der Waals surface area (Å²) in [6, 6.07) is 5.36. The summed E-state index contributed by atoms with van der Waals surface area (Å²) in [5.74, 6) is -0.00204. The third-order valence-corrected chi connectivity index (χ3v) is 3.93. The monoisotopic (exact) mass is 291 g/mol. The van der Waals surface area contributed by atoms with Crippen LogP contribution in [0.25, 0.3) is 0 Å². The highest BCUT2D eigenvalue weighted by Gasteiger charge is 2.25. The Balaban J connectivity index is 2.03. The highest BCUT2D eigenvalue weighted by Crippen LogP contribution is 2.19. The average Bonchev–Trinajstić information content (AvgIpc) is 2.66. The molecule has 0 bridgehead atoms. The largest absolute Gasteiger partial charge is 0.399 e. The maximum absolute atomic E-state index is 12.5. The van der Waals surface area contributed by atoms with Gasteiger partial charge in [0.1, 0.15) is 0 Å². The fourth-order valence-electron chi connectivity index (χ4n) is 2.56. The van der Waals surface area contributed by atoms with Crippen LogP contribution >= 0.6 is 0 Å². The molecule has 1 saturated heterocycles. The molecule has 1 aliphatic heterocycles. The number of anilines is 2. The molecule has 2 atom stereocenters. The van der Waals surface area contributed by atoms with E-state index in [0.29, 0.717) is 5.69 Å². The van der Waals surface area contributed by atoms with E-state index >= 15 is 0 Å². The minimum absolute atomic E-state index is 0.00204. The Bertz CT molecular complexity index is 504. The number of nitrogens with two attached hydrogens (primary N) is 1. The quantitative estimate of drug-likeness (QED) is 0.836. The van der Waals surface area contributed by atoms with Gasteiger partial charge in [-0.25, -0.2) is 0 Å². The lowest BCUT2D eigenvalue weighted by atomic mass is 10.1. The Morgan fingerprint density at radius 3 is 3.05 bits per heavy atom. The molecular weight excluding hydrogens is 266 g/mol. The molecule has 1 amide bonds. The van der Waals surface area contributed by atoms with Crippen molar-refractivity contribution in [1.29, 1.82) is 0 Å². The molecule has 0 radical (unpaired) electrons. The molecule has 2 unspecified atom stereocenters. The summed E-state index contributed by atoms with van der Waals surface area (Å²) in [5.41, 5.74) is 8.23. The number of hydrogen-bond acceptors (Lipinski definition) is 4. The summed E-state index contributed by atoms with van der Waals surface area (Å²) in [7, 11) is 0. The molecule has 116 valence electrons. The summed E-state index contributed by atoms with van der Waals surface area (Å²) in [4.78, 5) is 14.6. The van der Waals surface area contributed by atoms with Crippen LogP contribution in [0.1, 0.15) is 25.8 Å². The fourth-order valence-corrected chi connectivity index (χ4v) is 2.56. The van der Waals surface area contributed by atoms with Gasteiger partial charge < -0.3 is 15.8 Å². The number of carbonyl (C=O) groups excluding carboxylic acids is 1. The first-order valence-corrected chi connectivity index (χ1v) is 7.50. The topological polar surface area (TPSA) is 67.6 Å². The highest BCUT2D eigenvalue weighted by molar-refractivity contribution is 5.95. The van der Waals surface area contributed by atoms with E-state index in [-0.39, 0.29) is 18.1 Å². The predicted molar refractivity (Wildman–Crippen MR) is 85.3 cm³/mol. The molecule has 21 heavy (non-hydrogen) atoms. The van der Waals surface area contributed by atoms with Crippen molar-refractivity contribution >= 4 is 17.3 Å². The molecule has 0 saturated carbocycles. The van der Waals surface area contributed by atoms with Gasteiger partial charge in [-0.15, -0.1) is 0 Å². The van der Waals surface area contributed by atoms with E-state index in [9.17, 15) is 4.79 Å². The molecule has 1 fully saturated rings. The van der Waals surface area contributed by atoms with Crippen molar-refractivity contribution in [3.05, 3.63) is 23.8 Å². The van der Waals surface area contributed by atoms with Crippen molar-refractivity contribution in [3.8, 4) is 0 Å². The van der Waals surface area contributed by atoms with E-state index in [1.807, 2.05) is 32.9 Å². The number of benzene rings is 1. The second kappa shape index (κ2) is 6.91. The zero-order valence-corrected chi connectivity index (χ0v) is 13.1. The maximum Gasteiger partial charge on any atom is 0.241 e. The predicted octanol–water partition coefficient (Wildman–Crippen LogP) is 2.02. The Hall–Kier alpha value is -1.59. The SMILES string of the molecule is Cc1ccc(N)cc1NC(=O)C(C)N1CCCOC(C)C1. The van der Waals surface area contributed by atoms with Crippen molar-refractivity contribution < 1.29 is 9.53 Å². The van der Waals surface area contributed by atoms with E-state index in [4.69, 9.17) is 10.5 Å². The molecule has 1 aromatic rings. The van der Waals surface area contributed by atoms with Crippen molar-refractivity contribution in [3.63, 3.8) is 0 Å². The normalized spacial score (nSPS) is 21.6. The maximum atomic E-state index is 12.5. The van der Waals surface area contributed by atoms with Crippen LogP contribution < -0.4 is 11.1 Å². The molecule has 0 aromatic heterocycles. The van der Waals surface area contributed by atoms with E-state index in [0.717, 1.165) is 37.4 Å². The van der Waals surface area contributed by atoms with E-state index in [1.54, 1.807) is 6.07 Å². The van der Waals surface area contributed by atoms with Crippen molar-refractivity contribution in [1.82, 2.24) is 4.90 Å². The first kappa shape index (κ1) is 15.8. The van der Waals surface area contributed by atoms with Crippen LogP contribution in [0, 0.1) is 6.92 Å². The van der Waals surface area contributed by atoms with Gasteiger partial charge in [0.25, 0.3) is 0 Å². The second-order valence-electron chi connectivity index (χ2n) is 5.77. The minimum atomic E-state index is -0.185. The Kier molecular flexibility index (Phi) is 5.20. The zero-order valence-electron chi connectivity index (χ0n) is 13.1. The fraction of sp³-hybridized carbons (Fsp3) is 0.562. The number of carbonyl (C=O) groups is 1. The standard InChI is InChI=1S/C16H25N3O2/c1-11-5-6-14(17)9-15(11)18-16(20)13(3)19-7-4-8-21-12(2)10-19/h5-6,9,12-13H,4,7-8,10,17H2,1-3H3,(H,18,20). The summed E-state index contributed by atoms with van der Waals surface area (Å²) >= 11 is 0. The number of nitrogens with one attached hydrogen (secondary N) is 1. The number of rotatable bonds is 3. The van der Waals surface area contributed by atoms with Crippen molar-refractivity contribution in [2.45, 2.75) is 39.3 Å². The summed E-state index contributed by atoms with van der Waals surface area (Å²) in [5, 5.41) is 2.98. The number of nitrogens with zero attached hydrogens (tertiary/aromatic N) is 1. The van der Waals surface area contributed by atoms with Crippen LogP contribution in [-0.2, 0) is 9.53 Å². The molecule has 0 aliphatic carbocycles. The van der Waals surface area contributed by atoms with Gasteiger partial charge in [-0.1, -0.05) is 6.07 Å². The first-order chi connectivity index (χ1) is 9.97. The van der Waals surface area contributed by atoms with Crippen molar-refractivity contribution in [2.24, 2.45) is 0 Å². The lowest BCUT2D eigenvalue weighted by molar-refractivity contribution is -0.121. The van der Waals surface area contributed by atoms with Gasteiger partial charge in [-0.2, -0.15) is 0 Å². The molecule has 1 heterocycles. The molecule has 2 rings (SSSR count). The molecule has 3 N–H and O–H groups in total. The molecule has 0 spiro atoms. The van der Waals surface area contributed by atoms with Crippen LogP contribution in [0.5, 0.6) is 0 Å². The van der Waals surface area contributed by atoms with Gasteiger partial charge in [-0.05, 0) is 44.9 Å². The van der Waals surface area contributed by atoms with Crippen LogP contribution in [0.3, 0.4) is 0 Å². The number of nitrogen functional groups attached to an aromatic ring is 1. The third-order valence-electron chi connectivity index (χ3n) is 3.93. The zero-order chi connectivity index (χ0) is 15.4. The van der Waals surface area contributed by atoms with E-state index in [1.165, 1.54) is 0 Å². The first-order valence-electron chi connectivity index (χ1n) is 7.50. The van der Waals surface area contributed by atoms with Gasteiger partial charge in [0.2, 0.25) is 5.91 Å². The Morgan fingerprint density at radius 1 is 1.52 bits per heavy atom. The Morgan fingerprint density at radius 2 is 2.29 bits per heavy atom. The van der Waals surface area contributed by atoms with Crippen LogP contribution in [0.15, 0.2) is 18.2 Å². The number of aryl methyl sites for hydroxylation is 1. The summed E-state index contributed by atoms with van der Waals surface area (Å²) in [6.45, 7) is 8.38. The number of ether oxygens (including phenoxy) is 1. The lowest BCUT2D eigenvalue weighted by Crippen LogP contribution is -2.44. The van der Waals surface area contributed by atoms with Crippen LogP contribution in [0.2, 0.25) is 0 Å². The van der Waals surface area contributed by atoms with E-state index < -0.39 is 0 Å². The smallest absolute Gasteiger partial charge is 0.241 e. The van der Waals surface area contributed by atoms with Crippen LogP contribution in [-0.4, -0.2) is 42.6 Å². The third kappa shape index (κ3) is 4.19. The lowest BCUT2D eigenvalue weighted by Gasteiger charge is -2.28. The summed E-state index contributed by atoms with van der Waals surface area (Å²) < 4.78 is 5.63. The molecule has 5 nitrogen and oxygen atoms in total. The number of amides is 1. The van der Waals surface area contributed by atoms with E-state index in [2.05, 4.69) is 10.2 Å². The number of hydrogen-bond donors (Lipinski definition) is 2. The van der Waals surface area contributed by atoms with Crippen molar-refractivity contribution in [2.75, 3.05) is 30.7 Å². The van der Waals surface area contributed by atoms with Gasteiger partial charge in [0.15, 0.2) is 0 Å². The summed E-state index contributed by atoms with van der Waals surface area (Å²) in [6.07, 6.45) is 1.12. The molecule has 5 heteroatoms. The molecular formula is C16H25N3O2. The minimum Gasteiger partial charge on any atom is -0.399 e. The van der Waals surface area contributed by atoms with Gasteiger partial charge in [-0.3, -0.25) is 9.69 Å². The van der Waals surface area contributed by atoms with Gasteiger partial charge in [0.05, 0.1) is 12.1 Å². The Labute approximate surface area is 126 Å².